The van der Waals surface area contributed by atoms with Crippen LogP contribution in [0.25, 0.3) is 0 Å². The molecule has 2 nitrogen and oxygen atoms in total. The van der Waals surface area contributed by atoms with Crippen molar-refractivity contribution in [3.05, 3.63) is 12.7 Å². The van der Waals surface area contributed by atoms with Crippen LogP contribution in [0.15, 0.2) is 12.7 Å². The Morgan fingerprint density at radius 3 is 2.50 bits per heavy atom. The normalized spacial score (nSPS) is 12.2. The van der Waals surface area contributed by atoms with Crippen molar-refractivity contribution < 1.29 is 9.53 Å². The van der Waals surface area contributed by atoms with E-state index in [1.165, 1.54) is 6.08 Å². The highest BCUT2D eigenvalue weighted by Gasteiger charge is 2.03. The zero-order valence-corrected chi connectivity index (χ0v) is 8.95. The molecule has 0 unspecified atom stereocenters. The van der Waals surface area contributed by atoms with Crippen LogP contribution in [0.3, 0.4) is 0 Å². The third-order valence-corrected chi connectivity index (χ3v) is 2.83. The van der Waals surface area contributed by atoms with E-state index in [-0.39, 0.29) is 5.97 Å². The Kier molecular flexibility index (Phi) is 5.06. The highest BCUT2D eigenvalue weighted by molar-refractivity contribution is 8.32. The van der Waals surface area contributed by atoms with Gasteiger partial charge in [-0.05, 0) is 30.9 Å². The number of carbonyl (C=O) groups excluding carboxylic acids is 1. The summed E-state index contributed by atoms with van der Waals surface area (Å²) in [6.07, 6.45) is 8.91. The SMILES string of the molecule is C=CC(=O)OCCCS(C)(C)C. The van der Waals surface area contributed by atoms with Crippen molar-refractivity contribution in [2.75, 3.05) is 31.1 Å². The molecule has 0 radical (unpaired) electrons. The topological polar surface area (TPSA) is 26.3 Å². The van der Waals surface area contributed by atoms with Gasteiger partial charge in [0.05, 0.1) is 6.61 Å². The van der Waals surface area contributed by atoms with Gasteiger partial charge in [-0.1, -0.05) is 6.58 Å². The lowest BCUT2D eigenvalue weighted by atomic mass is 10.5. The van der Waals surface area contributed by atoms with Crippen molar-refractivity contribution in [2.24, 2.45) is 0 Å². The van der Waals surface area contributed by atoms with Gasteiger partial charge in [-0.2, -0.15) is 0 Å². The van der Waals surface area contributed by atoms with Crippen molar-refractivity contribution in [3.8, 4) is 0 Å². The van der Waals surface area contributed by atoms with Crippen molar-refractivity contribution >= 4 is 16.0 Å². The number of ether oxygens (including phenoxy) is 1. The van der Waals surface area contributed by atoms with Crippen molar-refractivity contribution in [1.82, 2.24) is 0 Å². The first kappa shape index (κ1) is 11.6. The summed E-state index contributed by atoms with van der Waals surface area (Å²) in [5.41, 5.74) is 0. The minimum absolute atomic E-state index is 0.320. The minimum Gasteiger partial charge on any atom is -0.463 e. The molecule has 0 saturated heterocycles. The van der Waals surface area contributed by atoms with Gasteiger partial charge < -0.3 is 4.74 Å². The summed E-state index contributed by atoms with van der Waals surface area (Å²) in [6, 6.07) is 0. The molecule has 0 aliphatic heterocycles. The van der Waals surface area contributed by atoms with Gasteiger partial charge in [0, 0.05) is 6.08 Å². The van der Waals surface area contributed by atoms with E-state index in [0.29, 0.717) is 6.61 Å². The Balaban J connectivity index is 3.34. The molecule has 3 heteroatoms. The molecule has 0 spiro atoms. The number of esters is 1. The Morgan fingerprint density at radius 2 is 2.08 bits per heavy atom. The summed E-state index contributed by atoms with van der Waals surface area (Å²) in [5.74, 6) is 0.830. The molecule has 12 heavy (non-hydrogen) atoms. The standard InChI is InChI=1S/C9H18O2S/c1-5-9(10)11-7-6-8-12(2,3)4/h5H,1,6-8H2,2-4H3. The molecule has 0 amide bonds. The maximum absolute atomic E-state index is 10.6. The lowest BCUT2D eigenvalue weighted by molar-refractivity contribution is -0.137. The molecule has 0 aromatic rings. The van der Waals surface area contributed by atoms with E-state index < -0.39 is 10.0 Å². The smallest absolute Gasteiger partial charge is 0.330 e. The van der Waals surface area contributed by atoms with Gasteiger partial charge in [-0.3, -0.25) is 0 Å². The maximum Gasteiger partial charge on any atom is 0.330 e. The van der Waals surface area contributed by atoms with Crippen LogP contribution >= 0.6 is 10.0 Å². The predicted molar refractivity (Wildman–Crippen MR) is 56.0 cm³/mol. The Hall–Kier alpha value is -0.440. The van der Waals surface area contributed by atoms with Gasteiger partial charge in [0.25, 0.3) is 0 Å². The van der Waals surface area contributed by atoms with Gasteiger partial charge in [-0.25, -0.2) is 14.8 Å². The molecule has 0 bridgehead atoms. The van der Waals surface area contributed by atoms with Crippen LogP contribution in [0.1, 0.15) is 6.42 Å². The summed E-state index contributed by atoms with van der Waals surface area (Å²) in [4.78, 5) is 10.6. The molecule has 0 heterocycles. The largest absolute Gasteiger partial charge is 0.463 e. The van der Waals surface area contributed by atoms with E-state index in [1.54, 1.807) is 0 Å². The number of hydrogen-bond acceptors (Lipinski definition) is 2. The lowest BCUT2D eigenvalue weighted by Gasteiger charge is -2.24. The van der Waals surface area contributed by atoms with Gasteiger partial charge in [-0.15, -0.1) is 0 Å². The highest BCUT2D eigenvalue weighted by Crippen LogP contribution is 2.34. The molecule has 0 aromatic heterocycles. The summed E-state index contributed by atoms with van der Waals surface area (Å²) < 4.78 is 4.84. The quantitative estimate of drug-likeness (QED) is 0.375. The maximum atomic E-state index is 10.6. The molecule has 0 fully saturated rings. The highest BCUT2D eigenvalue weighted by atomic mass is 32.3. The van der Waals surface area contributed by atoms with Gasteiger partial charge >= 0.3 is 5.97 Å². The van der Waals surface area contributed by atoms with E-state index in [4.69, 9.17) is 4.74 Å². The van der Waals surface area contributed by atoms with Crippen LogP contribution < -0.4 is 0 Å². The van der Waals surface area contributed by atoms with Crippen LogP contribution in [-0.2, 0) is 9.53 Å². The van der Waals surface area contributed by atoms with E-state index in [0.717, 1.165) is 12.2 Å². The summed E-state index contributed by atoms with van der Waals surface area (Å²) in [5, 5.41) is 0. The van der Waals surface area contributed by atoms with Crippen LogP contribution in [0, 0.1) is 0 Å². The molecule has 0 aromatic carbocycles. The van der Waals surface area contributed by atoms with Crippen molar-refractivity contribution in [3.63, 3.8) is 0 Å². The molecule has 72 valence electrons. The number of carbonyl (C=O) groups is 1. The molecular weight excluding hydrogens is 172 g/mol. The third kappa shape index (κ3) is 7.66. The van der Waals surface area contributed by atoms with Crippen molar-refractivity contribution in [1.29, 1.82) is 0 Å². The van der Waals surface area contributed by atoms with Crippen LogP contribution in [0.2, 0.25) is 0 Å². The van der Waals surface area contributed by atoms with Crippen molar-refractivity contribution in [2.45, 2.75) is 6.42 Å². The van der Waals surface area contributed by atoms with Gasteiger partial charge in [0.2, 0.25) is 0 Å². The molecule has 0 aliphatic carbocycles. The second-order valence-corrected chi connectivity index (χ2v) is 8.11. The Labute approximate surface area is 76.3 Å². The van der Waals surface area contributed by atoms with Gasteiger partial charge in [0.15, 0.2) is 0 Å². The second-order valence-electron chi connectivity index (χ2n) is 3.52. The molecular formula is C9H18O2S. The third-order valence-electron chi connectivity index (χ3n) is 1.31. The average molecular weight is 190 g/mol. The van der Waals surface area contributed by atoms with Crippen LogP contribution in [0.5, 0.6) is 0 Å². The van der Waals surface area contributed by atoms with Crippen LogP contribution in [0.4, 0.5) is 0 Å². The van der Waals surface area contributed by atoms with Crippen LogP contribution in [-0.4, -0.2) is 37.1 Å². The van der Waals surface area contributed by atoms with E-state index >= 15 is 0 Å². The zero-order valence-electron chi connectivity index (χ0n) is 8.13. The lowest BCUT2D eigenvalue weighted by Crippen LogP contribution is -2.06. The monoisotopic (exact) mass is 190 g/mol. The number of rotatable bonds is 5. The molecule has 0 rings (SSSR count). The first-order valence-corrected chi connectivity index (χ1v) is 6.93. The van der Waals surface area contributed by atoms with Gasteiger partial charge in [0.1, 0.15) is 0 Å². The van der Waals surface area contributed by atoms with E-state index in [9.17, 15) is 4.79 Å². The second kappa shape index (κ2) is 5.25. The fraction of sp³-hybridized carbons (Fsp3) is 0.667. The summed E-state index contributed by atoms with van der Waals surface area (Å²) >= 11 is 0. The zero-order chi connectivity index (χ0) is 9.61. The minimum atomic E-state index is -0.446. The predicted octanol–water partition coefficient (Wildman–Crippen LogP) is 1.80. The first-order valence-electron chi connectivity index (χ1n) is 3.91. The first-order chi connectivity index (χ1) is 5.45. The summed E-state index contributed by atoms with van der Waals surface area (Å²) in [7, 11) is -0.446. The molecule has 0 aliphatic rings. The fourth-order valence-electron chi connectivity index (χ4n) is 0.724. The molecule has 0 atom stereocenters. The van der Waals surface area contributed by atoms with E-state index in [1.807, 2.05) is 0 Å². The molecule has 0 saturated carbocycles. The Bertz CT molecular complexity index is 158. The van der Waals surface area contributed by atoms with E-state index in [2.05, 4.69) is 25.3 Å². The average Bonchev–Trinajstić information content (AvgIpc) is 1.96. The summed E-state index contributed by atoms with van der Waals surface area (Å²) in [6.45, 7) is 3.84. The number of hydrogen-bond donors (Lipinski definition) is 0. The molecule has 0 N–H and O–H groups in total. The fourth-order valence-corrected chi connectivity index (χ4v) is 1.71. The Morgan fingerprint density at radius 1 is 1.50 bits per heavy atom.